The zero-order valence-corrected chi connectivity index (χ0v) is 14.2. The normalized spacial score (nSPS) is 23.6. The van der Waals surface area contributed by atoms with Crippen LogP contribution in [0.25, 0.3) is 0 Å². The van der Waals surface area contributed by atoms with Crippen molar-refractivity contribution in [1.82, 2.24) is 4.90 Å². The van der Waals surface area contributed by atoms with Crippen molar-refractivity contribution < 1.29 is 18.6 Å². The molecule has 1 aliphatic rings. The highest BCUT2D eigenvalue weighted by molar-refractivity contribution is 5.23. The van der Waals surface area contributed by atoms with Crippen molar-refractivity contribution in [3.63, 3.8) is 0 Å². The van der Waals surface area contributed by atoms with Gasteiger partial charge in [0.1, 0.15) is 29.6 Å². The number of likely N-dealkylation sites (N-methyl/N-ethyl adjacent to an activating group) is 1. The molecule has 1 aliphatic carbocycles. The molecule has 3 nitrogen and oxygen atoms in total. The van der Waals surface area contributed by atoms with Gasteiger partial charge in [-0.2, -0.15) is 0 Å². The molecule has 1 fully saturated rings. The van der Waals surface area contributed by atoms with Crippen LogP contribution in [0.5, 0.6) is 5.75 Å². The number of nitrogens with zero attached hydrogens (tertiary/aromatic N) is 1. The summed E-state index contributed by atoms with van der Waals surface area (Å²) in [6.45, 7) is 0.630. The summed E-state index contributed by atoms with van der Waals surface area (Å²) in [5.41, 5.74) is 0.998. The summed E-state index contributed by atoms with van der Waals surface area (Å²) in [7, 11) is 1.96. The number of rotatable bonds is 5. The third kappa shape index (κ3) is 4.55. The van der Waals surface area contributed by atoms with Crippen LogP contribution >= 0.6 is 0 Å². The fourth-order valence-corrected chi connectivity index (χ4v) is 3.41. The molecule has 1 N–H and O–H groups in total. The van der Waals surface area contributed by atoms with Crippen LogP contribution in [0.1, 0.15) is 24.8 Å². The summed E-state index contributed by atoms with van der Waals surface area (Å²) < 4.78 is 31.9. The molecule has 3 atom stereocenters. The van der Waals surface area contributed by atoms with Gasteiger partial charge in [-0.3, -0.25) is 4.90 Å². The Bertz CT molecular complexity index is 675. The number of ether oxygens (including phenoxy) is 1. The maximum atomic E-state index is 13.0. The summed E-state index contributed by atoms with van der Waals surface area (Å²) in [5.74, 6) is -0.00222. The lowest BCUT2D eigenvalue weighted by molar-refractivity contribution is -0.0491. The molecule has 134 valence electrons. The molecule has 0 aromatic heterocycles. The van der Waals surface area contributed by atoms with E-state index >= 15 is 0 Å². The minimum atomic E-state index is -0.635. The minimum Gasteiger partial charge on any atom is -0.488 e. The standard InChI is InChI=1S/C20H23F2NO2/c1-23(13-14-5-7-15(21)8-6-14)18-3-2-4-19(20(18)24)25-17-11-9-16(22)10-12-17/h5-12,18-20,24H,2-4,13H2,1H3/t18-,19+,20+/m0/s1. The number of aliphatic hydroxyl groups excluding tert-OH is 1. The summed E-state index contributed by atoms with van der Waals surface area (Å²) in [5, 5.41) is 10.7. The molecule has 5 heteroatoms. The van der Waals surface area contributed by atoms with Gasteiger partial charge in [-0.05, 0) is 68.3 Å². The first-order valence-electron chi connectivity index (χ1n) is 8.58. The van der Waals surface area contributed by atoms with Gasteiger partial charge in [-0.15, -0.1) is 0 Å². The molecule has 1 saturated carbocycles. The highest BCUT2D eigenvalue weighted by atomic mass is 19.1. The zero-order valence-electron chi connectivity index (χ0n) is 14.2. The highest BCUT2D eigenvalue weighted by Gasteiger charge is 2.35. The Labute approximate surface area is 146 Å². The molecule has 0 heterocycles. The Morgan fingerprint density at radius 2 is 1.60 bits per heavy atom. The summed E-state index contributed by atoms with van der Waals surface area (Å²) >= 11 is 0. The van der Waals surface area contributed by atoms with E-state index in [9.17, 15) is 13.9 Å². The quantitative estimate of drug-likeness (QED) is 0.894. The van der Waals surface area contributed by atoms with Crippen molar-refractivity contribution >= 4 is 0 Å². The van der Waals surface area contributed by atoms with E-state index < -0.39 is 6.10 Å². The van der Waals surface area contributed by atoms with E-state index in [1.807, 2.05) is 7.05 Å². The van der Waals surface area contributed by atoms with Gasteiger partial charge in [0, 0.05) is 12.6 Å². The first-order chi connectivity index (χ1) is 12.0. The smallest absolute Gasteiger partial charge is 0.126 e. The lowest BCUT2D eigenvalue weighted by Gasteiger charge is -2.39. The van der Waals surface area contributed by atoms with Crippen LogP contribution < -0.4 is 4.74 Å². The molecule has 0 unspecified atom stereocenters. The lowest BCUT2D eigenvalue weighted by Crippen LogP contribution is -2.51. The molecule has 0 spiro atoms. The molecule has 0 aliphatic heterocycles. The SMILES string of the molecule is CN(Cc1ccc(F)cc1)[C@H]1CCC[C@@H](Oc2ccc(F)cc2)[C@@H]1O. The second-order valence-electron chi connectivity index (χ2n) is 6.64. The first-order valence-corrected chi connectivity index (χ1v) is 8.58. The van der Waals surface area contributed by atoms with Crippen LogP contribution in [-0.2, 0) is 6.54 Å². The molecule has 0 saturated heterocycles. The maximum absolute atomic E-state index is 13.0. The third-order valence-electron chi connectivity index (χ3n) is 4.78. The second kappa shape index (κ2) is 7.93. The number of benzene rings is 2. The van der Waals surface area contributed by atoms with Crippen LogP contribution in [0.3, 0.4) is 0 Å². The Morgan fingerprint density at radius 1 is 1.00 bits per heavy atom. The Kier molecular flexibility index (Phi) is 5.66. The van der Waals surface area contributed by atoms with E-state index in [2.05, 4.69) is 4.90 Å². The molecule has 0 bridgehead atoms. The van der Waals surface area contributed by atoms with Gasteiger partial charge in [0.2, 0.25) is 0 Å². The fourth-order valence-electron chi connectivity index (χ4n) is 3.41. The third-order valence-corrected chi connectivity index (χ3v) is 4.78. The van der Waals surface area contributed by atoms with Crippen molar-refractivity contribution in [3.05, 3.63) is 65.7 Å². The molecule has 2 aromatic carbocycles. The van der Waals surface area contributed by atoms with E-state index in [0.717, 1.165) is 24.8 Å². The number of aliphatic hydroxyl groups is 1. The summed E-state index contributed by atoms with van der Waals surface area (Å²) in [6, 6.07) is 12.2. The molecule has 3 rings (SSSR count). The lowest BCUT2D eigenvalue weighted by atomic mass is 9.88. The zero-order chi connectivity index (χ0) is 17.8. The average molecular weight is 347 g/mol. The van der Waals surface area contributed by atoms with Crippen LogP contribution in [0.15, 0.2) is 48.5 Å². The molecule has 0 radical (unpaired) electrons. The van der Waals surface area contributed by atoms with E-state index in [-0.39, 0.29) is 23.8 Å². The van der Waals surface area contributed by atoms with Crippen molar-refractivity contribution in [1.29, 1.82) is 0 Å². The van der Waals surface area contributed by atoms with Gasteiger partial charge in [0.15, 0.2) is 0 Å². The minimum absolute atomic E-state index is 0.0377. The number of hydrogen-bond acceptors (Lipinski definition) is 3. The first kappa shape index (κ1) is 17.8. The van der Waals surface area contributed by atoms with Crippen LogP contribution in [0, 0.1) is 11.6 Å². The van der Waals surface area contributed by atoms with Gasteiger partial charge < -0.3 is 9.84 Å². The van der Waals surface area contributed by atoms with Crippen molar-refractivity contribution in [2.45, 2.75) is 44.1 Å². The van der Waals surface area contributed by atoms with Gasteiger partial charge in [0.25, 0.3) is 0 Å². The Hall–Kier alpha value is -1.98. The Balaban J connectivity index is 1.63. The van der Waals surface area contributed by atoms with Gasteiger partial charge in [0.05, 0.1) is 0 Å². The molecule has 0 amide bonds. The monoisotopic (exact) mass is 347 g/mol. The van der Waals surface area contributed by atoms with E-state index in [0.29, 0.717) is 12.3 Å². The number of halogens is 2. The predicted molar refractivity (Wildman–Crippen MR) is 92.3 cm³/mol. The van der Waals surface area contributed by atoms with E-state index in [1.54, 1.807) is 24.3 Å². The fraction of sp³-hybridized carbons (Fsp3) is 0.400. The van der Waals surface area contributed by atoms with Crippen LogP contribution in [-0.4, -0.2) is 35.3 Å². The maximum Gasteiger partial charge on any atom is 0.126 e. The van der Waals surface area contributed by atoms with Gasteiger partial charge in [-0.1, -0.05) is 12.1 Å². The molecule has 2 aromatic rings. The van der Waals surface area contributed by atoms with Crippen molar-refractivity contribution in [2.75, 3.05) is 7.05 Å². The number of hydrogen-bond donors (Lipinski definition) is 1. The molecular weight excluding hydrogens is 324 g/mol. The van der Waals surface area contributed by atoms with Gasteiger partial charge in [-0.25, -0.2) is 8.78 Å². The predicted octanol–water partition coefficient (Wildman–Crippen LogP) is 3.76. The summed E-state index contributed by atoms with van der Waals surface area (Å²) in [6.07, 6.45) is 1.63. The largest absolute Gasteiger partial charge is 0.488 e. The molecule has 25 heavy (non-hydrogen) atoms. The highest BCUT2D eigenvalue weighted by Crippen LogP contribution is 2.28. The van der Waals surface area contributed by atoms with E-state index in [1.165, 1.54) is 24.3 Å². The van der Waals surface area contributed by atoms with Gasteiger partial charge >= 0.3 is 0 Å². The topological polar surface area (TPSA) is 32.7 Å². The van der Waals surface area contributed by atoms with Crippen LogP contribution in [0.2, 0.25) is 0 Å². The second-order valence-corrected chi connectivity index (χ2v) is 6.64. The van der Waals surface area contributed by atoms with E-state index in [4.69, 9.17) is 4.74 Å². The van der Waals surface area contributed by atoms with Crippen molar-refractivity contribution in [2.24, 2.45) is 0 Å². The molecular formula is C20H23F2NO2. The Morgan fingerprint density at radius 3 is 2.24 bits per heavy atom. The van der Waals surface area contributed by atoms with Crippen LogP contribution in [0.4, 0.5) is 8.78 Å². The summed E-state index contributed by atoms with van der Waals surface area (Å²) in [4.78, 5) is 2.08. The average Bonchev–Trinajstić information content (AvgIpc) is 2.60. The van der Waals surface area contributed by atoms with Crippen molar-refractivity contribution in [3.8, 4) is 5.75 Å².